The summed E-state index contributed by atoms with van der Waals surface area (Å²) in [6.07, 6.45) is 0. The summed E-state index contributed by atoms with van der Waals surface area (Å²) in [5.74, 6) is 2.41. The molecule has 5 nitrogen and oxygen atoms in total. The maximum atomic E-state index is 5.84. The van der Waals surface area contributed by atoms with Crippen LogP contribution in [0.4, 0.5) is 5.69 Å². The summed E-state index contributed by atoms with van der Waals surface area (Å²) in [4.78, 5) is 2.08. The molecule has 156 valence electrons. The lowest BCUT2D eigenvalue weighted by atomic mass is 10.2. The van der Waals surface area contributed by atoms with E-state index in [-0.39, 0.29) is 0 Å². The molecule has 3 aromatic rings. The van der Waals surface area contributed by atoms with Crippen molar-refractivity contribution in [1.82, 2.24) is 4.90 Å². The minimum Gasteiger partial charge on any atom is -0.497 e. The number of benzene rings is 3. The number of hydrogen-bond donors (Lipinski definition) is 1. The van der Waals surface area contributed by atoms with Gasteiger partial charge in [-0.3, -0.25) is 0 Å². The molecule has 0 saturated carbocycles. The Morgan fingerprint density at radius 1 is 0.833 bits per heavy atom. The second-order valence-corrected chi connectivity index (χ2v) is 7.02. The number of hydrogen-bond acceptors (Lipinski definition) is 4. The summed E-state index contributed by atoms with van der Waals surface area (Å²) in [5, 5.41) is 3.94. The smallest absolute Gasteiger partial charge is 0.173 e. The Hall–Kier alpha value is -3.09. The highest BCUT2D eigenvalue weighted by Gasteiger charge is 2.11. The van der Waals surface area contributed by atoms with Crippen LogP contribution in [0.2, 0.25) is 0 Å². The lowest BCUT2D eigenvalue weighted by Gasteiger charge is -2.26. The van der Waals surface area contributed by atoms with Crippen molar-refractivity contribution in [3.63, 3.8) is 0 Å². The molecule has 0 unspecified atom stereocenters. The lowest BCUT2D eigenvalue weighted by Crippen LogP contribution is -2.36. The molecule has 0 aliphatic carbocycles. The monoisotopic (exact) mass is 422 g/mol. The molecule has 6 heteroatoms. The zero-order valence-electron chi connectivity index (χ0n) is 17.2. The van der Waals surface area contributed by atoms with Crippen molar-refractivity contribution < 1.29 is 14.2 Å². The zero-order chi connectivity index (χ0) is 21.2. The fourth-order valence-corrected chi connectivity index (χ4v) is 3.11. The average Bonchev–Trinajstić information content (AvgIpc) is 2.79. The van der Waals surface area contributed by atoms with Crippen LogP contribution in [-0.4, -0.2) is 37.4 Å². The molecule has 3 rings (SSSR count). The maximum absolute atomic E-state index is 5.84. The van der Waals surface area contributed by atoms with Crippen LogP contribution in [0.1, 0.15) is 5.56 Å². The molecular formula is C24H26N2O3S. The average molecular weight is 423 g/mol. The number of anilines is 1. The number of rotatable bonds is 9. The highest BCUT2D eigenvalue weighted by atomic mass is 32.1. The van der Waals surface area contributed by atoms with Crippen LogP contribution >= 0.6 is 12.2 Å². The molecule has 0 heterocycles. The first kappa shape index (κ1) is 21.6. The number of nitrogens with one attached hydrogen (secondary N) is 1. The Kier molecular flexibility index (Phi) is 8.06. The Bertz CT molecular complexity index is 915. The first-order valence-corrected chi connectivity index (χ1v) is 10.1. The van der Waals surface area contributed by atoms with Crippen molar-refractivity contribution in [3.05, 3.63) is 84.4 Å². The molecular weight excluding hydrogens is 396 g/mol. The summed E-state index contributed by atoms with van der Waals surface area (Å²) in [6.45, 7) is 1.94. The molecule has 0 atom stereocenters. The van der Waals surface area contributed by atoms with E-state index in [4.69, 9.17) is 26.4 Å². The third kappa shape index (κ3) is 6.47. The van der Waals surface area contributed by atoms with Crippen molar-refractivity contribution in [1.29, 1.82) is 0 Å². The largest absolute Gasteiger partial charge is 0.497 e. The first-order valence-electron chi connectivity index (χ1n) is 9.68. The predicted molar refractivity (Wildman–Crippen MR) is 124 cm³/mol. The Morgan fingerprint density at radius 3 is 2.10 bits per heavy atom. The van der Waals surface area contributed by atoms with E-state index in [9.17, 15) is 0 Å². The Balaban J connectivity index is 1.62. The van der Waals surface area contributed by atoms with Crippen molar-refractivity contribution in [2.24, 2.45) is 0 Å². The summed E-state index contributed by atoms with van der Waals surface area (Å²) in [7, 11) is 3.35. The molecule has 0 saturated heterocycles. The molecule has 0 aliphatic rings. The van der Waals surface area contributed by atoms with Crippen molar-refractivity contribution in [3.8, 4) is 17.2 Å². The minimum atomic E-state index is 0.585. The summed E-state index contributed by atoms with van der Waals surface area (Å²) >= 11 is 5.66. The third-order valence-corrected chi connectivity index (χ3v) is 4.83. The maximum Gasteiger partial charge on any atom is 0.173 e. The normalized spacial score (nSPS) is 10.3. The van der Waals surface area contributed by atoms with E-state index in [0.717, 1.165) is 28.5 Å². The second kappa shape index (κ2) is 11.2. The molecule has 0 aromatic heterocycles. The van der Waals surface area contributed by atoms with E-state index in [2.05, 4.69) is 10.2 Å². The second-order valence-electron chi connectivity index (χ2n) is 6.63. The minimum absolute atomic E-state index is 0.585. The van der Waals surface area contributed by atoms with Crippen molar-refractivity contribution in [2.75, 3.05) is 32.7 Å². The highest BCUT2D eigenvalue weighted by molar-refractivity contribution is 7.80. The van der Waals surface area contributed by atoms with Crippen molar-refractivity contribution >= 4 is 23.0 Å². The fourth-order valence-electron chi connectivity index (χ4n) is 2.84. The van der Waals surface area contributed by atoms with Crippen LogP contribution < -0.4 is 14.8 Å². The molecule has 30 heavy (non-hydrogen) atoms. The van der Waals surface area contributed by atoms with E-state index in [0.29, 0.717) is 24.8 Å². The van der Waals surface area contributed by atoms with Gasteiger partial charge in [0, 0.05) is 25.9 Å². The lowest BCUT2D eigenvalue weighted by molar-refractivity contribution is 0.175. The van der Waals surface area contributed by atoms with Crippen LogP contribution in [0.15, 0.2) is 78.9 Å². The van der Waals surface area contributed by atoms with Gasteiger partial charge in [-0.2, -0.15) is 0 Å². The summed E-state index contributed by atoms with van der Waals surface area (Å²) in [6, 6.07) is 25.4. The van der Waals surface area contributed by atoms with E-state index < -0.39 is 0 Å². The van der Waals surface area contributed by atoms with Crippen molar-refractivity contribution in [2.45, 2.75) is 6.54 Å². The molecule has 0 spiro atoms. The van der Waals surface area contributed by atoms with Gasteiger partial charge in [0.05, 0.1) is 13.7 Å². The van der Waals surface area contributed by atoms with Gasteiger partial charge in [-0.1, -0.05) is 30.3 Å². The standard InChI is InChI=1S/C24H26N2O3S/c1-27-17-16-26(18-19-8-12-21(28-2)13-9-19)24(30)25-20-10-14-23(15-11-20)29-22-6-4-3-5-7-22/h3-15H,16-18H2,1-2H3,(H,25,30). The third-order valence-electron chi connectivity index (χ3n) is 4.47. The highest BCUT2D eigenvalue weighted by Crippen LogP contribution is 2.23. The molecule has 0 bridgehead atoms. The van der Waals surface area contributed by atoms with Gasteiger partial charge < -0.3 is 24.4 Å². The van der Waals surface area contributed by atoms with Gasteiger partial charge in [0.2, 0.25) is 0 Å². The zero-order valence-corrected chi connectivity index (χ0v) is 18.0. The van der Waals surface area contributed by atoms with E-state index >= 15 is 0 Å². The van der Waals surface area contributed by atoms with Gasteiger partial charge in [-0.05, 0) is 66.3 Å². The number of thiocarbonyl (C=S) groups is 1. The van der Waals surface area contributed by atoms with E-state index in [1.54, 1.807) is 14.2 Å². The quantitative estimate of drug-likeness (QED) is 0.470. The number of para-hydroxylation sites is 1. The number of methoxy groups -OCH3 is 2. The molecule has 0 aliphatic heterocycles. The topological polar surface area (TPSA) is 43.0 Å². The predicted octanol–water partition coefficient (Wildman–Crippen LogP) is 5.33. The van der Waals surface area contributed by atoms with Crippen LogP contribution in [0.5, 0.6) is 17.2 Å². The van der Waals surface area contributed by atoms with Gasteiger partial charge in [0.15, 0.2) is 5.11 Å². The van der Waals surface area contributed by atoms with E-state index in [1.807, 2.05) is 78.9 Å². The number of nitrogens with zero attached hydrogens (tertiary/aromatic N) is 1. The molecule has 1 N–H and O–H groups in total. The summed E-state index contributed by atoms with van der Waals surface area (Å²) in [5.41, 5.74) is 2.04. The van der Waals surface area contributed by atoms with E-state index in [1.165, 1.54) is 0 Å². The van der Waals surface area contributed by atoms with Gasteiger partial charge in [-0.15, -0.1) is 0 Å². The molecule has 0 amide bonds. The SMILES string of the molecule is COCCN(Cc1ccc(OC)cc1)C(=S)Nc1ccc(Oc2ccccc2)cc1. The first-order chi connectivity index (χ1) is 14.7. The van der Waals surface area contributed by atoms with Gasteiger partial charge >= 0.3 is 0 Å². The Labute approximate surface area is 183 Å². The van der Waals surface area contributed by atoms with Crippen LogP contribution in [-0.2, 0) is 11.3 Å². The van der Waals surface area contributed by atoms with Gasteiger partial charge in [0.25, 0.3) is 0 Å². The Morgan fingerprint density at radius 2 is 1.47 bits per heavy atom. The van der Waals surface area contributed by atoms with Gasteiger partial charge in [-0.25, -0.2) is 0 Å². The molecule has 3 aromatic carbocycles. The fraction of sp³-hybridized carbons (Fsp3) is 0.208. The van der Waals surface area contributed by atoms with Crippen LogP contribution in [0, 0.1) is 0 Å². The van der Waals surface area contributed by atoms with Crippen LogP contribution in [0.3, 0.4) is 0 Å². The molecule has 0 fully saturated rings. The summed E-state index contributed by atoms with van der Waals surface area (Å²) < 4.78 is 16.3. The van der Waals surface area contributed by atoms with Gasteiger partial charge in [0.1, 0.15) is 17.2 Å². The van der Waals surface area contributed by atoms with Crippen LogP contribution in [0.25, 0.3) is 0 Å². The molecule has 0 radical (unpaired) electrons. The number of ether oxygens (including phenoxy) is 3.